The third-order valence-corrected chi connectivity index (χ3v) is 4.53. The summed E-state index contributed by atoms with van der Waals surface area (Å²) in [5.41, 5.74) is 4.44. The molecule has 0 bridgehead atoms. The van der Waals surface area contributed by atoms with E-state index in [1.165, 1.54) is 0 Å². The highest BCUT2D eigenvalue weighted by Crippen LogP contribution is 2.35. The van der Waals surface area contributed by atoms with Crippen LogP contribution in [-0.2, 0) is 0 Å². The van der Waals surface area contributed by atoms with Gasteiger partial charge in [0.2, 0.25) is 0 Å². The largest absolute Gasteiger partial charge is 0.311 e. The molecule has 3 aromatic carbocycles. The Kier molecular flexibility index (Phi) is 5.75. The lowest BCUT2D eigenvalue weighted by Crippen LogP contribution is -2.10. The fraction of sp³-hybridized carbons (Fsp3) is 0. The molecule has 134 valence electrons. The van der Waals surface area contributed by atoms with Gasteiger partial charge in [0.1, 0.15) is 0 Å². The van der Waals surface area contributed by atoms with Crippen molar-refractivity contribution in [3.8, 4) is 0 Å². The zero-order valence-corrected chi connectivity index (χ0v) is 15.7. The van der Waals surface area contributed by atoms with Crippen LogP contribution >= 0.6 is 23.2 Å². The molecule has 0 N–H and O–H groups in total. The van der Waals surface area contributed by atoms with Crippen molar-refractivity contribution in [2.24, 2.45) is 0 Å². The summed E-state index contributed by atoms with van der Waals surface area (Å²) in [6.45, 7) is 3.77. The van der Waals surface area contributed by atoms with Gasteiger partial charge < -0.3 is 4.90 Å². The topological polar surface area (TPSA) is 37.4 Å². The fourth-order valence-electron chi connectivity index (χ4n) is 2.69. The first kappa shape index (κ1) is 18.9. The van der Waals surface area contributed by atoms with Crippen molar-refractivity contribution in [1.29, 1.82) is 0 Å². The smallest absolute Gasteiger partial charge is 0.252 e. The van der Waals surface area contributed by atoms with Crippen LogP contribution in [0.1, 0.15) is 26.3 Å². The summed E-state index contributed by atoms with van der Waals surface area (Å²) in [6, 6.07) is 21.8. The summed E-state index contributed by atoms with van der Waals surface area (Å²) >= 11 is 11.1. The number of carbonyl (C=O) groups excluding carboxylic acids is 2. The second-order valence-corrected chi connectivity index (χ2v) is 6.46. The van der Waals surface area contributed by atoms with E-state index in [9.17, 15) is 9.59 Å². The van der Waals surface area contributed by atoms with Crippen molar-refractivity contribution in [3.05, 3.63) is 96.1 Å². The van der Waals surface area contributed by atoms with Crippen molar-refractivity contribution >= 4 is 56.8 Å². The molecule has 0 atom stereocenters. The molecule has 0 saturated carbocycles. The van der Waals surface area contributed by atoms with Gasteiger partial charge in [0.05, 0.1) is 0 Å². The Balaban J connectivity index is 2.08. The average molecular weight is 396 g/mol. The first-order chi connectivity index (χ1) is 13.0. The Hall–Kier alpha value is -2.88. The van der Waals surface area contributed by atoms with Crippen molar-refractivity contribution in [2.75, 3.05) is 4.90 Å². The standard InChI is InChI=1S/C22H15Cl2NO2/c1-2-15-3-9-18(10-4-15)25(19-11-5-16(6-12-19)21(23)26)20-13-7-17(8-14-20)22(24)27/h2-14H,1H2. The third-order valence-electron chi connectivity index (χ3n) is 4.09. The quantitative estimate of drug-likeness (QED) is 0.443. The molecule has 0 heterocycles. The molecular weight excluding hydrogens is 381 g/mol. The summed E-state index contributed by atoms with van der Waals surface area (Å²) in [5.74, 6) is 0. The van der Waals surface area contributed by atoms with Gasteiger partial charge >= 0.3 is 0 Å². The molecule has 0 fully saturated rings. The SMILES string of the molecule is C=Cc1ccc(N(c2ccc(C(=O)Cl)cc2)c2ccc(C(=O)Cl)cc2)cc1. The molecule has 0 saturated heterocycles. The molecule has 0 radical (unpaired) electrons. The highest BCUT2D eigenvalue weighted by Gasteiger charge is 2.14. The van der Waals surface area contributed by atoms with Crippen molar-refractivity contribution < 1.29 is 9.59 Å². The predicted octanol–water partition coefficient (Wildman–Crippen LogP) is 6.56. The minimum absolute atomic E-state index is 0.422. The number of rotatable bonds is 6. The van der Waals surface area contributed by atoms with E-state index in [2.05, 4.69) is 6.58 Å². The van der Waals surface area contributed by atoms with Gasteiger partial charge in [-0.1, -0.05) is 24.8 Å². The molecule has 0 amide bonds. The molecule has 5 heteroatoms. The van der Waals surface area contributed by atoms with Gasteiger partial charge in [0.15, 0.2) is 0 Å². The molecule has 3 nitrogen and oxygen atoms in total. The van der Waals surface area contributed by atoms with Crippen molar-refractivity contribution in [3.63, 3.8) is 0 Å². The van der Waals surface area contributed by atoms with Crippen LogP contribution in [-0.4, -0.2) is 10.5 Å². The summed E-state index contributed by atoms with van der Waals surface area (Å²) < 4.78 is 0. The van der Waals surface area contributed by atoms with E-state index < -0.39 is 10.5 Å². The second kappa shape index (κ2) is 8.21. The van der Waals surface area contributed by atoms with Crippen LogP contribution in [0.25, 0.3) is 6.08 Å². The number of halogens is 2. The Bertz CT molecular complexity index is 921. The third kappa shape index (κ3) is 4.27. The zero-order valence-electron chi connectivity index (χ0n) is 14.2. The van der Waals surface area contributed by atoms with Crippen LogP contribution in [0.5, 0.6) is 0 Å². The van der Waals surface area contributed by atoms with Gasteiger partial charge in [-0.2, -0.15) is 0 Å². The van der Waals surface area contributed by atoms with Gasteiger partial charge in [-0.3, -0.25) is 9.59 Å². The van der Waals surface area contributed by atoms with Crippen LogP contribution in [0.4, 0.5) is 17.1 Å². The van der Waals surface area contributed by atoms with Crippen LogP contribution in [0.15, 0.2) is 79.4 Å². The Morgan fingerprint density at radius 3 is 1.30 bits per heavy atom. The Labute approximate surface area is 167 Å². The maximum atomic E-state index is 11.3. The monoisotopic (exact) mass is 395 g/mol. The van der Waals surface area contributed by atoms with E-state index in [1.54, 1.807) is 30.3 Å². The average Bonchev–Trinajstić information content (AvgIpc) is 2.69. The van der Waals surface area contributed by atoms with Gasteiger partial charge in [0, 0.05) is 28.2 Å². The molecule has 3 aromatic rings. The van der Waals surface area contributed by atoms with E-state index >= 15 is 0 Å². The lowest BCUT2D eigenvalue weighted by atomic mass is 10.1. The predicted molar refractivity (Wildman–Crippen MR) is 112 cm³/mol. The number of carbonyl (C=O) groups is 2. The van der Waals surface area contributed by atoms with E-state index in [1.807, 2.05) is 53.4 Å². The molecule has 0 aliphatic rings. The number of hydrogen-bond acceptors (Lipinski definition) is 3. The number of benzene rings is 3. The van der Waals surface area contributed by atoms with Gasteiger partial charge in [-0.15, -0.1) is 0 Å². The minimum Gasteiger partial charge on any atom is -0.311 e. The van der Waals surface area contributed by atoms with E-state index in [0.717, 1.165) is 22.6 Å². The summed E-state index contributed by atoms with van der Waals surface area (Å²) in [6.07, 6.45) is 1.77. The van der Waals surface area contributed by atoms with E-state index in [-0.39, 0.29) is 0 Å². The fourth-order valence-corrected chi connectivity index (χ4v) is 2.94. The highest BCUT2D eigenvalue weighted by atomic mass is 35.5. The Morgan fingerprint density at radius 2 is 1.00 bits per heavy atom. The summed E-state index contributed by atoms with van der Waals surface area (Å²) in [5, 5.41) is -1.01. The molecule has 27 heavy (non-hydrogen) atoms. The van der Waals surface area contributed by atoms with Gasteiger partial charge in [0.25, 0.3) is 10.5 Å². The molecule has 3 rings (SSSR count). The molecule has 0 unspecified atom stereocenters. The van der Waals surface area contributed by atoms with Gasteiger partial charge in [-0.25, -0.2) is 0 Å². The highest BCUT2D eigenvalue weighted by molar-refractivity contribution is 6.68. The van der Waals surface area contributed by atoms with Crippen LogP contribution < -0.4 is 4.90 Å². The number of hydrogen-bond donors (Lipinski definition) is 0. The molecule has 0 aromatic heterocycles. The van der Waals surface area contributed by atoms with Crippen LogP contribution in [0.2, 0.25) is 0 Å². The lowest BCUT2D eigenvalue weighted by Gasteiger charge is -2.25. The normalized spacial score (nSPS) is 10.3. The molecule has 0 aliphatic carbocycles. The minimum atomic E-state index is -0.506. The maximum Gasteiger partial charge on any atom is 0.252 e. The van der Waals surface area contributed by atoms with E-state index in [4.69, 9.17) is 23.2 Å². The maximum absolute atomic E-state index is 11.3. The number of nitrogens with zero attached hydrogens (tertiary/aromatic N) is 1. The van der Waals surface area contributed by atoms with Crippen molar-refractivity contribution in [1.82, 2.24) is 0 Å². The number of anilines is 3. The van der Waals surface area contributed by atoms with Gasteiger partial charge in [-0.05, 0) is 89.4 Å². The first-order valence-electron chi connectivity index (χ1n) is 8.12. The van der Waals surface area contributed by atoms with Crippen molar-refractivity contribution in [2.45, 2.75) is 0 Å². The van der Waals surface area contributed by atoms with Crippen LogP contribution in [0, 0.1) is 0 Å². The second-order valence-electron chi connectivity index (χ2n) is 5.77. The lowest BCUT2D eigenvalue weighted by molar-refractivity contribution is 0.107. The van der Waals surface area contributed by atoms with E-state index in [0.29, 0.717) is 11.1 Å². The summed E-state index contributed by atoms with van der Waals surface area (Å²) in [4.78, 5) is 24.7. The first-order valence-corrected chi connectivity index (χ1v) is 8.87. The molecule has 0 spiro atoms. The molecular formula is C22H15Cl2NO2. The van der Waals surface area contributed by atoms with Crippen LogP contribution in [0.3, 0.4) is 0 Å². The zero-order chi connectivity index (χ0) is 19.4. The summed E-state index contributed by atoms with van der Waals surface area (Å²) in [7, 11) is 0. The Morgan fingerprint density at radius 1 is 0.667 bits per heavy atom. The molecule has 0 aliphatic heterocycles.